The van der Waals surface area contributed by atoms with E-state index in [1.807, 2.05) is 23.6 Å². The van der Waals surface area contributed by atoms with Crippen molar-refractivity contribution < 1.29 is 4.74 Å². The maximum absolute atomic E-state index is 5.84. The van der Waals surface area contributed by atoms with Gasteiger partial charge in [-0.05, 0) is 48.6 Å². The monoisotopic (exact) mass is 256 g/mol. The summed E-state index contributed by atoms with van der Waals surface area (Å²) in [6.07, 6.45) is 1.54. The van der Waals surface area contributed by atoms with E-state index in [1.165, 1.54) is 17.5 Å². The third-order valence-corrected chi connectivity index (χ3v) is 3.74. The fraction of sp³-hybridized carbons (Fsp3) is 0.143. The molecule has 0 saturated heterocycles. The molecule has 1 aromatic carbocycles. The molecule has 0 saturated carbocycles. The Hall–Kier alpha value is -1.94. The standard InChI is InChI=1S/C14H12N2OS/c1-9-3-4-11(7-10(9)2)17-13-12-5-6-18-14(12)16-8-15-13/h3-8H,1-2H3. The second-order valence-electron chi connectivity index (χ2n) is 4.17. The van der Waals surface area contributed by atoms with Crippen LogP contribution >= 0.6 is 11.3 Å². The van der Waals surface area contributed by atoms with Crippen molar-refractivity contribution in [3.63, 3.8) is 0 Å². The molecule has 0 bridgehead atoms. The van der Waals surface area contributed by atoms with Crippen LogP contribution in [0.1, 0.15) is 11.1 Å². The van der Waals surface area contributed by atoms with Crippen LogP contribution in [0.3, 0.4) is 0 Å². The molecule has 4 heteroatoms. The first-order valence-corrected chi connectivity index (χ1v) is 6.55. The first kappa shape index (κ1) is 11.2. The summed E-state index contributed by atoms with van der Waals surface area (Å²) in [6.45, 7) is 4.16. The van der Waals surface area contributed by atoms with Gasteiger partial charge in [0.1, 0.15) is 16.9 Å². The Morgan fingerprint density at radius 3 is 2.78 bits per heavy atom. The Bertz CT molecular complexity index is 706. The Kier molecular flexibility index (Phi) is 2.72. The highest BCUT2D eigenvalue weighted by molar-refractivity contribution is 7.16. The molecule has 0 spiro atoms. The number of thiophene rings is 1. The highest BCUT2D eigenvalue weighted by atomic mass is 32.1. The van der Waals surface area contributed by atoms with Gasteiger partial charge in [0.15, 0.2) is 0 Å². The number of hydrogen-bond donors (Lipinski definition) is 0. The van der Waals surface area contributed by atoms with E-state index in [0.29, 0.717) is 5.88 Å². The lowest BCUT2D eigenvalue weighted by Crippen LogP contribution is -1.90. The zero-order valence-corrected chi connectivity index (χ0v) is 11.0. The Balaban J connectivity index is 2.01. The molecule has 0 fully saturated rings. The second kappa shape index (κ2) is 4.38. The topological polar surface area (TPSA) is 35.0 Å². The number of aromatic nitrogens is 2. The molecule has 90 valence electrons. The molecular formula is C14H12N2OS. The maximum Gasteiger partial charge on any atom is 0.231 e. The molecule has 0 unspecified atom stereocenters. The molecule has 0 amide bonds. The number of benzene rings is 1. The van der Waals surface area contributed by atoms with Gasteiger partial charge in [0.2, 0.25) is 5.88 Å². The largest absolute Gasteiger partial charge is 0.438 e. The van der Waals surface area contributed by atoms with Gasteiger partial charge in [-0.3, -0.25) is 0 Å². The van der Waals surface area contributed by atoms with Crippen LogP contribution in [0.4, 0.5) is 0 Å². The van der Waals surface area contributed by atoms with Gasteiger partial charge in [0, 0.05) is 0 Å². The minimum Gasteiger partial charge on any atom is -0.438 e. The van der Waals surface area contributed by atoms with Crippen molar-refractivity contribution in [1.29, 1.82) is 0 Å². The molecule has 0 aliphatic heterocycles. The quantitative estimate of drug-likeness (QED) is 0.692. The Morgan fingerprint density at radius 2 is 1.94 bits per heavy atom. The predicted octanol–water partition coefficient (Wildman–Crippen LogP) is 4.10. The van der Waals surface area contributed by atoms with Crippen molar-refractivity contribution in [1.82, 2.24) is 9.97 Å². The molecule has 18 heavy (non-hydrogen) atoms. The fourth-order valence-electron chi connectivity index (χ4n) is 1.74. The summed E-state index contributed by atoms with van der Waals surface area (Å²) in [7, 11) is 0. The third kappa shape index (κ3) is 1.95. The zero-order chi connectivity index (χ0) is 12.5. The van der Waals surface area contributed by atoms with Crippen molar-refractivity contribution in [3.05, 3.63) is 47.1 Å². The summed E-state index contributed by atoms with van der Waals surface area (Å²) in [4.78, 5) is 9.35. The van der Waals surface area contributed by atoms with E-state index < -0.39 is 0 Å². The van der Waals surface area contributed by atoms with Gasteiger partial charge < -0.3 is 4.74 Å². The van der Waals surface area contributed by atoms with Crippen LogP contribution in [0.5, 0.6) is 11.6 Å². The van der Waals surface area contributed by atoms with Crippen molar-refractivity contribution in [2.45, 2.75) is 13.8 Å². The van der Waals surface area contributed by atoms with E-state index >= 15 is 0 Å². The average Bonchev–Trinajstić information content (AvgIpc) is 2.83. The molecule has 3 aromatic rings. The van der Waals surface area contributed by atoms with Crippen molar-refractivity contribution in [3.8, 4) is 11.6 Å². The van der Waals surface area contributed by atoms with Crippen LogP contribution in [0.2, 0.25) is 0 Å². The van der Waals surface area contributed by atoms with Gasteiger partial charge >= 0.3 is 0 Å². The number of ether oxygens (including phenoxy) is 1. The van der Waals surface area contributed by atoms with Crippen LogP contribution in [-0.4, -0.2) is 9.97 Å². The van der Waals surface area contributed by atoms with E-state index in [2.05, 4.69) is 29.9 Å². The molecule has 2 aromatic heterocycles. The zero-order valence-electron chi connectivity index (χ0n) is 10.2. The van der Waals surface area contributed by atoms with Crippen LogP contribution in [-0.2, 0) is 0 Å². The van der Waals surface area contributed by atoms with Crippen molar-refractivity contribution in [2.75, 3.05) is 0 Å². The second-order valence-corrected chi connectivity index (χ2v) is 5.06. The molecule has 2 heterocycles. The first-order chi connectivity index (χ1) is 8.74. The van der Waals surface area contributed by atoms with Crippen LogP contribution in [0, 0.1) is 13.8 Å². The predicted molar refractivity (Wildman–Crippen MR) is 73.4 cm³/mol. The van der Waals surface area contributed by atoms with E-state index in [4.69, 9.17) is 4.74 Å². The minimum atomic E-state index is 0.615. The van der Waals surface area contributed by atoms with Crippen molar-refractivity contribution in [2.24, 2.45) is 0 Å². The normalized spacial score (nSPS) is 10.8. The number of fused-ring (bicyclic) bond motifs is 1. The maximum atomic E-state index is 5.84. The SMILES string of the molecule is Cc1ccc(Oc2ncnc3sccc23)cc1C. The summed E-state index contributed by atoms with van der Waals surface area (Å²) >= 11 is 1.59. The molecule has 0 radical (unpaired) electrons. The summed E-state index contributed by atoms with van der Waals surface area (Å²) in [5.41, 5.74) is 2.47. The third-order valence-electron chi connectivity index (χ3n) is 2.92. The van der Waals surface area contributed by atoms with E-state index in [-0.39, 0.29) is 0 Å². The van der Waals surface area contributed by atoms with Crippen LogP contribution in [0.25, 0.3) is 10.2 Å². The molecule has 0 aliphatic rings. The summed E-state index contributed by atoms with van der Waals surface area (Å²) < 4.78 is 5.84. The highest BCUT2D eigenvalue weighted by Crippen LogP contribution is 2.29. The molecule has 3 rings (SSSR count). The number of hydrogen-bond acceptors (Lipinski definition) is 4. The lowest BCUT2D eigenvalue weighted by molar-refractivity contribution is 0.468. The smallest absolute Gasteiger partial charge is 0.231 e. The first-order valence-electron chi connectivity index (χ1n) is 5.67. The fourth-order valence-corrected chi connectivity index (χ4v) is 2.46. The Morgan fingerprint density at radius 1 is 1.06 bits per heavy atom. The summed E-state index contributed by atoms with van der Waals surface area (Å²) in [5.74, 6) is 1.42. The van der Waals surface area contributed by atoms with E-state index in [0.717, 1.165) is 16.0 Å². The van der Waals surface area contributed by atoms with Gasteiger partial charge in [-0.2, -0.15) is 0 Å². The molecule has 0 N–H and O–H groups in total. The van der Waals surface area contributed by atoms with Gasteiger partial charge in [-0.25, -0.2) is 9.97 Å². The van der Waals surface area contributed by atoms with Crippen LogP contribution < -0.4 is 4.74 Å². The van der Waals surface area contributed by atoms with Gasteiger partial charge in [0.05, 0.1) is 5.39 Å². The lowest BCUT2D eigenvalue weighted by Gasteiger charge is -2.07. The summed E-state index contributed by atoms with van der Waals surface area (Å²) in [6, 6.07) is 8.02. The molecule has 0 atom stereocenters. The minimum absolute atomic E-state index is 0.615. The number of nitrogens with zero attached hydrogens (tertiary/aromatic N) is 2. The number of aryl methyl sites for hydroxylation is 2. The van der Waals surface area contributed by atoms with Gasteiger partial charge in [0.25, 0.3) is 0 Å². The number of rotatable bonds is 2. The van der Waals surface area contributed by atoms with E-state index in [9.17, 15) is 0 Å². The Labute approximate surface area is 109 Å². The van der Waals surface area contributed by atoms with Crippen LogP contribution in [0.15, 0.2) is 36.0 Å². The molecule has 3 nitrogen and oxygen atoms in total. The van der Waals surface area contributed by atoms with E-state index in [1.54, 1.807) is 11.3 Å². The summed E-state index contributed by atoms with van der Waals surface area (Å²) in [5, 5.41) is 2.95. The average molecular weight is 256 g/mol. The van der Waals surface area contributed by atoms with Crippen molar-refractivity contribution >= 4 is 21.6 Å². The van der Waals surface area contributed by atoms with Gasteiger partial charge in [-0.15, -0.1) is 11.3 Å². The molecule has 0 aliphatic carbocycles. The lowest BCUT2D eigenvalue weighted by atomic mass is 10.1. The molecular weight excluding hydrogens is 244 g/mol. The highest BCUT2D eigenvalue weighted by Gasteiger charge is 2.07. The van der Waals surface area contributed by atoms with Gasteiger partial charge in [-0.1, -0.05) is 6.07 Å².